The molecule has 1 aromatic heterocycles. The lowest BCUT2D eigenvalue weighted by molar-refractivity contribution is 0.0690. The number of aromatic nitrogens is 1. The molecule has 14 heavy (non-hydrogen) atoms. The zero-order valence-corrected chi connectivity index (χ0v) is 9.41. The standard InChI is InChI=1S/C9H10BrNO3/c1-5(2)14-7-4-11-8(10)3-6(7)9(12)13/h3-5H,1-2H3,(H,12,13). The van der Waals surface area contributed by atoms with E-state index in [9.17, 15) is 4.79 Å². The number of carboxylic acid groups (broad SMARTS) is 1. The molecule has 4 nitrogen and oxygen atoms in total. The summed E-state index contributed by atoms with van der Waals surface area (Å²) in [6.07, 6.45) is 1.32. The van der Waals surface area contributed by atoms with Gasteiger partial charge in [0.25, 0.3) is 0 Å². The number of hydrogen-bond donors (Lipinski definition) is 1. The highest BCUT2D eigenvalue weighted by Gasteiger charge is 2.13. The second-order valence-electron chi connectivity index (χ2n) is 2.97. The van der Waals surface area contributed by atoms with E-state index in [1.165, 1.54) is 12.3 Å². The Morgan fingerprint density at radius 1 is 1.64 bits per heavy atom. The highest BCUT2D eigenvalue weighted by atomic mass is 79.9. The quantitative estimate of drug-likeness (QED) is 0.847. The average Bonchev–Trinajstić information content (AvgIpc) is 2.07. The lowest BCUT2D eigenvalue weighted by atomic mass is 10.2. The molecule has 0 atom stereocenters. The number of pyridine rings is 1. The molecule has 1 N–H and O–H groups in total. The molecule has 0 radical (unpaired) electrons. The lowest BCUT2D eigenvalue weighted by Gasteiger charge is -2.11. The van der Waals surface area contributed by atoms with Crippen molar-refractivity contribution in [2.24, 2.45) is 0 Å². The summed E-state index contributed by atoms with van der Waals surface area (Å²) in [7, 11) is 0. The summed E-state index contributed by atoms with van der Waals surface area (Å²) in [5, 5.41) is 8.87. The van der Waals surface area contributed by atoms with E-state index in [4.69, 9.17) is 9.84 Å². The predicted molar refractivity (Wildman–Crippen MR) is 54.7 cm³/mol. The summed E-state index contributed by atoms with van der Waals surface area (Å²) >= 11 is 3.10. The summed E-state index contributed by atoms with van der Waals surface area (Å²) < 4.78 is 5.78. The minimum absolute atomic E-state index is 0.0731. The topological polar surface area (TPSA) is 59.4 Å². The van der Waals surface area contributed by atoms with Gasteiger partial charge in [0.05, 0.1) is 12.3 Å². The first-order valence-electron chi connectivity index (χ1n) is 4.06. The first-order chi connectivity index (χ1) is 6.50. The number of ether oxygens (including phenoxy) is 1. The third-order valence-corrected chi connectivity index (χ3v) is 1.86. The molecule has 0 unspecified atom stereocenters. The van der Waals surface area contributed by atoms with Crippen LogP contribution in [0.5, 0.6) is 5.75 Å². The maximum atomic E-state index is 10.8. The molecular weight excluding hydrogens is 250 g/mol. The van der Waals surface area contributed by atoms with Crippen molar-refractivity contribution in [3.8, 4) is 5.75 Å². The van der Waals surface area contributed by atoms with Crippen molar-refractivity contribution in [1.29, 1.82) is 0 Å². The Hall–Kier alpha value is -1.10. The molecule has 0 amide bonds. The van der Waals surface area contributed by atoms with Crippen molar-refractivity contribution >= 4 is 21.9 Å². The number of nitrogens with zero attached hydrogens (tertiary/aromatic N) is 1. The Balaban J connectivity index is 3.08. The Labute approximate surface area is 90.0 Å². The van der Waals surface area contributed by atoms with Crippen LogP contribution in [0.2, 0.25) is 0 Å². The number of carbonyl (C=O) groups is 1. The summed E-state index contributed by atoms with van der Waals surface area (Å²) in [6.45, 7) is 3.65. The number of carboxylic acids is 1. The van der Waals surface area contributed by atoms with E-state index in [2.05, 4.69) is 20.9 Å². The summed E-state index contributed by atoms with van der Waals surface area (Å²) in [5.74, 6) is -0.737. The van der Waals surface area contributed by atoms with E-state index in [0.717, 1.165) is 0 Å². The first kappa shape index (κ1) is 11.0. The van der Waals surface area contributed by atoms with Gasteiger partial charge in [-0.3, -0.25) is 0 Å². The Bertz CT molecular complexity index is 352. The van der Waals surface area contributed by atoms with Crippen LogP contribution in [-0.4, -0.2) is 22.2 Å². The van der Waals surface area contributed by atoms with Gasteiger partial charge >= 0.3 is 5.97 Å². The third kappa shape index (κ3) is 2.70. The molecule has 0 aromatic carbocycles. The molecule has 5 heteroatoms. The predicted octanol–water partition coefficient (Wildman–Crippen LogP) is 2.33. The van der Waals surface area contributed by atoms with Crippen molar-refractivity contribution in [2.75, 3.05) is 0 Å². The zero-order valence-electron chi connectivity index (χ0n) is 7.82. The van der Waals surface area contributed by atoms with Crippen LogP contribution in [0, 0.1) is 0 Å². The monoisotopic (exact) mass is 259 g/mol. The summed E-state index contributed by atoms with van der Waals surface area (Å²) in [4.78, 5) is 14.7. The fourth-order valence-corrected chi connectivity index (χ4v) is 1.26. The van der Waals surface area contributed by atoms with Crippen LogP contribution in [-0.2, 0) is 0 Å². The molecule has 0 aliphatic heterocycles. The van der Waals surface area contributed by atoms with E-state index in [-0.39, 0.29) is 17.4 Å². The number of hydrogen-bond acceptors (Lipinski definition) is 3. The van der Waals surface area contributed by atoms with Crippen LogP contribution < -0.4 is 4.74 Å². The molecule has 0 saturated heterocycles. The minimum atomic E-state index is -1.02. The van der Waals surface area contributed by atoms with Crippen LogP contribution >= 0.6 is 15.9 Å². The Morgan fingerprint density at radius 2 is 2.29 bits per heavy atom. The van der Waals surface area contributed by atoms with Crippen LogP contribution in [0.15, 0.2) is 16.9 Å². The van der Waals surface area contributed by atoms with Crippen molar-refractivity contribution in [2.45, 2.75) is 20.0 Å². The second-order valence-corrected chi connectivity index (χ2v) is 3.79. The molecule has 0 spiro atoms. The maximum Gasteiger partial charge on any atom is 0.339 e. The average molecular weight is 260 g/mol. The molecule has 0 aliphatic carbocycles. The van der Waals surface area contributed by atoms with Crippen molar-refractivity contribution in [1.82, 2.24) is 4.98 Å². The second kappa shape index (κ2) is 4.41. The summed E-state index contributed by atoms with van der Waals surface area (Å²) in [6, 6.07) is 1.42. The van der Waals surface area contributed by atoms with E-state index in [1.54, 1.807) is 0 Å². The fourth-order valence-electron chi connectivity index (χ4n) is 0.932. The van der Waals surface area contributed by atoms with Gasteiger partial charge in [-0.25, -0.2) is 9.78 Å². The summed E-state index contributed by atoms with van der Waals surface area (Å²) in [5.41, 5.74) is 0.112. The first-order valence-corrected chi connectivity index (χ1v) is 4.85. The highest BCUT2D eigenvalue weighted by molar-refractivity contribution is 9.10. The van der Waals surface area contributed by atoms with E-state index in [0.29, 0.717) is 4.60 Å². The smallest absolute Gasteiger partial charge is 0.339 e. The van der Waals surface area contributed by atoms with Gasteiger partial charge in [0.15, 0.2) is 5.75 Å². The lowest BCUT2D eigenvalue weighted by Crippen LogP contribution is -2.10. The van der Waals surface area contributed by atoms with E-state index in [1.807, 2.05) is 13.8 Å². The Morgan fingerprint density at radius 3 is 2.79 bits per heavy atom. The maximum absolute atomic E-state index is 10.8. The van der Waals surface area contributed by atoms with Gasteiger partial charge in [-0.15, -0.1) is 0 Å². The highest BCUT2D eigenvalue weighted by Crippen LogP contribution is 2.21. The fraction of sp³-hybridized carbons (Fsp3) is 0.333. The normalized spacial score (nSPS) is 10.3. The molecule has 76 valence electrons. The van der Waals surface area contributed by atoms with Gasteiger partial charge in [0.2, 0.25) is 0 Å². The molecule has 1 rings (SSSR count). The van der Waals surface area contributed by atoms with Gasteiger partial charge in [-0.1, -0.05) is 0 Å². The van der Waals surface area contributed by atoms with Gasteiger partial charge < -0.3 is 9.84 Å². The van der Waals surface area contributed by atoms with Gasteiger partial charge in [0, 0.05) is 0 Å². The van der Waals surface area contributed by atoms with Crippen LogP contribution in [0.25, 0.3) is 0 Å². The van der Waals surface area contributed by atoms with E-state index < -0.39 is 5.97 Å². The SMILES string of the molecule is CC(C)Oc1cnc(Br)cc1C(=O)O. The zero-order chi connectivity index (χ0) is 10.7. The molecular formula is C9H10BrNO3. The van der Waals surface area contributed by atoms with Gasteiger partial charge in [-0.2, -0.15) is 0 Å². The Kier molecular flexibility index (Phi) is 3.46. The molecule has 1 aromatic rings. The van der Waals surface area contributed by atoms with Gasteiger partial charge in [-0.05, 0) is 35.8 Å². The number of rotatable bonds is 3. The van der Waals surface area contributed by atoms with E-state index >= 15 is 0 Å². The molecule has 0 aliphatic rings. The van der Waals surface area contributed by atoms with Crippen molar-refractivity contribution in [3.63, 3.8) is 0 Å². The molecule has 0 fully saturated rings. The molecule has 0 bridgehead atoms. The van der Waals surface area contributed by atoms with Crippen LogP contribution in [0.3, 0.4) is 0 Å². The third-order valence-electron chi connectivity index (χ3n) is 1.43. The molecule has 0 saturated carbocycles. The van der Waals surface area contributed by atoms with Gasteiger partial charge in [0.1, 0.15) is 10.2 Å². The van der Waals surface area contributed by atoms with Crippen LogP contribution in [0.1, 0.15) is 24.2 Å². The largest absolute Gasteiger partial charge is 0.488 e. The minimum Gasteiger partial charge on any atom is -0.488 e. The van der Waals surface area contributed by atoms with Crippen molar-refractivity contribution in [3.05, 3.63) is 22.4 Å². The van der Waals surface area contributed by atoms with Crippen LogP contribution in [0.4, 0.5) is 0 Å². The molecule has 1 heterocycles. The number of halogens is 1. The van der Waals surface area contributed by atoms with Crippen molar-refractivity contribution < 1.29 is 14.6 Å². The number of aromatic carboxylic acids is 1.